The van der Waals surface area contributed by atoms with Gasteiger partial charge in [-0.15, -0.1) is 11.3 Å². The highest BCUT2D eigenvalue weighted by Gasteiger charge is 2.30. The van der Waals surface area contributed by atoms with Crippen molar-refractivity contribution in [3.05, 3.63) is 45.8 Å². The number of nitrogens with zero attached hydrogens (tertiary/aromatic N) is 2. The lowest BCUT2D eigenvalue weighted by molar-refractivity contribution is 0.0997. The van der Waals surface area contributed by atoms with Crippen molar-refractivity contribution in [1.29, 1.82) is 0 Å². The maximum Gasteiger partial charge on any atom is 0.410 e. The van der Waals surface area contributed by atoms with E-state index in [2.05, 4.69) is 5.32 Å². The molecule has 38 heavy (non-hydrogen) atoms. The maximum absolute atomic E-state index is 13.3. The highest BCUT2D eigenvalue weighted by atomic mass is 32.2. The van der Waals surface area contributed by atoms with Crippen LogP contribution in [-0.2, 0) is 27.7 Å². The minimum atomic E-state index is -3.73. The predicted molar refractivity (Wildman–Crippen MR) is 147 cm³/mol. The molecule has 0 fully saturated rings. The Hall–Kier alpha value is -2.96. The fourth-order valence-electron chi connectivity index (χ4n) is 4.31. The molecule has 3 rings (SSSR count). The van der Waals surface area contributed by atoms with E-state index in [1.165, 1.54) is 39.9 Å². The number of ether oxygens (including phenoxy) is 1. The molecule has 1 aromatic heterocycles. The van der Waals surface area contributed by atoms with Crippen LogP contribution in [-0.4, -0.2) is 61.8 Å². The molecule has 0 aliphatic carbocycles. The first kappa shape index (κ1) is 29.6. The molecule has 2 heterocycles. The second kappa shape index (κ2) is 12.3. The van der Waals surface area contributed by atoms with Crippen LogP contribution in [0.2, 0.25) is 0 Å². The van der Waals surface area contributed by atoms with Crippen molar-refractivity contribution in [3.8, 4) is 0 Å². The highest BCUT2D eigenvalue weighted by molar-refractivity contribution is 7.89. The van der Waals surface area contributed by atoms with Crippen LogP contribution < -0.4 is 11.1 Å². The number of sulfonamides is 1. The van der Waals surface area contributed by atoms with Gasteiger partial charge in [-0.05, 0) is 55.0 Å². The molecule has 10 nitrogen and oxygen atoms in total. The van der Waals surface area contributed by atoms with Gasteiger partial charge in [0.1, 0.15) is 5.00 Å². The summed E-state index contributed by atoms with van der Waals surface area (Å²) >= 11 is 1.19. The van der Waals surface area contributed by atoms with E-state index in [-0.39, 0.29) is 41.0 Å². The fraction of sp³-hybridized carbons (Fsp3) is 0.500. The second-order valence-corrected chi connectivity index (χ2v) is 13.1. The lowest BCUT2D eigenvalue weighted by atomic mass is 10.0. The van der Waals surface area contributed by atoms with E-state index in [1.54, 1.807) is 11.8 Å². The summed E-state index contributed by atoms with van der Waals surface area (Å²) in [7, 11) is -3.73. The number of hydrogen-bond donors (Lipinski definition) is 2. The van der Waals surface area contributed by atoms with Crippen molar-refractivity contribution in [3.63, 3.8) is 0 Å². The molecule has 1 aromatic carbocycles. The molecule has 3 N–H and O–H groups in total. The fourth-order valence-corrected chi connectivity index (χ4v) is 7.34. The van der Waals surface area contributed by atoms with E-state index >= 15 is 0 Å². The van der Waals surface area contributed by atoms with Crippen LogP contribution in [0.1, 0.15) is 65.8 Å². The van der Waals surface area contributed by atoms with Crippen molar-refractivity contribution in [2.24, 2.45) is 17.6 Å². The first-order chi connectivity index (χ1) is 17.8. The summed E-state index contributed by atoms with van der Waals surface area (Å²) in [5.41, 5.74) is 6.83. The summed E-state index contributed by atoms with van der Waals surface area (Å²) in [5.74, 6) is -0.847. The Bertz CT molecular complexity index is 1280. The molecule has 208 valence electrons. The number of nitrogens with two attached hydrogens (primary N) is 1. The van der Waals surface area contributed by atoms with Gasteiger partial charge < -0.3 is 20.7 Å². The first-order valence-corrected chi connectivity index (χ1v) is 14.9. The van der Waals surface area contributed by atoms with Gasteiger partial charge in [0, 0.05) is 30.1 Å². The molecule has 2 aromatic rings. The van der Waals surface area contributed by atoms with E-state index in [0.717, 1.165) is 10.4 Å². The number of thiophene rings is 1. The largest absolute Gasteiger partial charge is 0.450 e. The quantitative estimate of drug-likeness (QED) is 0.448. The summed E-state index contributed by atoms with van der Waals surface area (Å²) in [6, 6.07) is 5.74. The molecule has 12 heteroatoms. The number of nitrogens with one attached hydrogen (secondary N) is 1. The standard InChI is InChI=1S/C26H36N4O6S2/c1-6-36-26(33)29-12-11-20-21(15-29)37-25(22(20)23(27)31)28-24(32)18-7-9-19(10-8-18)38(34,35)30(13-16(2)3)14-17(4)5/h7-10,16-17H,6,11-15H2,1-5H3,(H2,27,31)(H,28,32). The Morgan fingerprint density at radius 2 is 1.71 bits per heavy atom. The molecule has 0 atom stereocenters. The third-order valence-electron chi connectivity index (χ3n) is 5.95. The molecule has 1 aliphatic rings. The third-order valence-corrected chi connectivity index (χ3v) is 8.93. The van der Waals surface area contributed by atoms with E-state index in [4.69, 9.17) is 10.5 Å². The Kier molecular flexibility index (Phi) is 9.55. The Morgan fingerprint density at radius 3 is 2.24 bits per heavy atom. The monoisotopic (exact) mass is 564 g/mol. The Morgan fingerprint density at radius 1 is 1.11 bits per heavy atom. The van der Waals surface area contributed by atoms with E-state index < -0.39 is 27.9 Å². The molecular formula is C26H36N4O6S2. The van der Waals surface area contributed by atoms with Crippen LogP contribution in [0.4, 0.5) is 9.80 Å². The lowest BCUT2D eigenvalue weighted by Crippen LogP contribution is -2.37. The minimum absolute atomic E-state index is 0.110. The number of carbonyl (C=O) groups excluding carboxylic acids is 3. The Balaban J connectivity index is 1.82. The van der Waals surface area contributed by atoms with Crippen molar-refractivity contribution < 1.29 is 27.5 Å². The Labute approximate surface area is 228 Å². The SMILES string of the molecule is CCOC(=O)N1CCc2c(sc(NC(=O)c3ccc(S(=O)(=O)N(CC(C)C)CC(C)C)cc3)c2C(N)=O)C1. The van der Waals surface area contributed by atoms with Crippen LogP contribution in [0.15, 0.2) is 29.2 Å². The zero-order chi connectivity index (χ0) is 28.2. The van der Waals surface area contributed by atoms with Crippen LogP contribution in [0.3, 0.4) is 0 Å². The predicted octanol–water partition coefficient (Wildman–Crippen LogP) is 3.92. The maximum atomic E-state index is 13.3. The first-order valence-electron chi connectivity index (χ1n) is 12.6. The van der Waals surface area contributed by atoms with Crippen molar-refractivity contribution in [2.45, 2.75) is 52.5 Å². The van der Waals surface area contributed by atoms with Gasteiger partial charge >= 0.3 is 6.09 Å². The normalized spacial score (nSPS) is 13.6. The summed E-state index contributed by atoms with van der Waals surface area (Å²) in [5, 5.41) is 3.05. The van der Waals surface area contributed by atoms with Gasteiger partial charge in [0.05, 0.1) is 23.6 Å². The van der Waals surface area contributed by atoms with Crippen molar-refractivity contribution in [2.75, 3.05) is 31.6 Å². The van der Waals surface area contributed by atoms with Gasteiger partial charge in [-0.2, -0.15) is 4.31 Å². The molecule has 3 amide bonds. The zero-order valence-electron chi connectivity index (χ0n) is 22.4. The van der Waals surface area contributed by atoms with Gasteiger partial charge in [0.2, 0.25) is 10.0 Å². The molecule has 0 bridgehead atoms. The van der Waals surface area contributed by atoms with Crippen molar-refractivity contribution in [1.82, 2.24) is 9.21 Å². The van der Waals surface area contributed by atoms with Crippen LogP contribution in [0.5, 0.6) is 0 Å². The summed E-state index contributed by atoms with van der Waals surface area (Å²) < 4.78 is 33.1. The van der Waals surface area contributed by atoms with Gasteiger partial charge in [-0.1, -0.05) is 27.7 Å². The van der Waals surface area contributed by atoms with Crippen LogP contribution in [0, 0.1) is 11.8 Å². The van der Waals surface area contributed by atoms with Gasteiger partial charge in [0.25, 0.3) is 11.8 Å². The van der Waals surface area contributed by atoms with Crippen LogP contribution in [0.25, 0.3) is 0 Å². The number of carbonyl (C=O) groups is 3. The lowest BCUT2D eigenvalue weighted by Gasteiger charge is -2.26. The minimum Gasteiger partial charge on any atom is -0.450 e. The summed E-state index contributed by atoms with van der Waals surface area (Å²) in [4.78, 5) is 39.9. The number of amides is 3. The second-order valence-electron chi connectivity index (χ2n) is 10.0. The average molecular weight is 565 g/mol. The smallest absolute Gasteiger partial charge is 0.410 e. The highest BCUT2D eigenvalue weighted by Crippen LogP contribution is 2.37. The average Bonchev–Trinajstić information content (AvgIpc) is 3.20. The number of fused-ring (bicyclic) bond motifs is 1. The molecule has 1 aliphatic heterocycles. The third kappa shape index (κ3) is 6.72. The molecule has 0 spiro atoms. The van der Waals surface area contributed by atoms with E-state index in [1.807, 2.05) is 27.7 Å². The van der Waals surface area contributed by atoms with Gasteiger partial charge in [0.15, 0.2) is 0 Å². The van der Waals surface area contributed by atoms with Gasteiger partial charge in [-0.25, -0.2) is 13.2 Å². The van der Waals surface area contributed by atoms with Crippen molar-refractivity contribution >= 4 is 44.3 Å². The molecule has 0 saturated carbocycles. The molecule has 0 radical (unpaired) electrons. The van der Waals surface area contributed by atoms with Gasteiger partial charge in [-0.3, -0.25) is 9.59 Å². The zero-order valence-corrected chi connectivity index (χ0v) is 24.1. The number of rotatable bonds is 10. The van der Waals surface area contributed by atoms with E-state index in [0.29, 0.717) is 31.1 Å². The summed E-state index contributed by atoms with van der Waals surface area (Å²) in [6.45, 7) is 11.3. The number of benzene rings is 1. The topological polar surface area (TPSA) is 139 Å². The molecule has 0 saturated heterocycles. The number of hydrogen-bond acceptors (Lipinski definition) is 7. The number of primary amides is 1. The summed E-state index contributed by atoms with van der Waals surface area (Å²) in [6.07, 6.45) is -0.0256. The molecule has 0 unspecified atom stereocenters. The number of anilines is 1. The molecular weight excluding hydrogens is 528 g/mol. The van der Waals surface area contributed by atoms with E-state index in [9.17, 15) is 22.8 Å². The van der Waals surface area contributed by atoms with Crippen LogP contribution >= 0.6 is 11.3 Å².